The summed E-state index contributed by atoms with van der Waals surface area (Å²) in [6.07, 6.45) is 3.97. The molecule has 1 aliphatic rings. The first-order valence-corrected chi connectivity index (χ1v) is 10.7. The largest absolute Gasteiger partial charge is 0.464 e. The third kappa shape index (κ3) is 3.42. The molecule has 0 bridgehead atoms. The molecule has 6 rings (SSSR count). The van der Waals surface area contributed by atoms with Gasteiger partial charge >= 0.3 is 6.03 Å². The Balaban J connectivity index is 1.21. The Bertz CT molecular complexity index is 1540. The number of rotatable bonds is 2. The maximum Gasteiger partial charge on any atom is 0.322 e. The van der Waals surface area contributed by atoms with Gasteiger partial charge in [-0.3, -0.25) is 0 Å². The third-order valence-electron chi connectivity index (χ3n) is 6.26. The molecule has 3 aromatic carbocycles. The molecular weight excluding hydrogens is 424 g/mol. The minimum Gasteiger partial charge on any atom is -0.464 e. The predicted molar refractivity (Wildman–Crippen MR) is 123 cm³/mol. The van der Waals surface area contributed by atoms with Gasteiger partial charge < -0.3 is 19.6 Å². The second-order valence-corrected chi connectivity index (χ2v) is 8.27. The molecule has 33 heavy (non-hydrogen) atoms. The monoisotopic (exact) mass is 443 g/mol. The molecule has 5 aromatic rings. The third-order valence-corrected chi connectivity index (χ3v) is 6.26. The van der Waals surface area contributed by atoms with Gasteiger partial charge in [0.05, 0.1) is 17.5 Å². The first-order chi connectivity index (χ1) is 16.0. The summed E-state index contributed by atoms with van der Waals surface area (Å²) in [7, 11) is 0. The molecule has 7 heteroatoms. The van der Waals surface area contributed by atoms with E-state index in [-0.39, 0.29) is 6.03 Å². The van der Waals surface area contributed by atoms with Crippen LogP contribution in [0.4, 0.5) is 19.3 Å². The van der Waals surface area contributed by atoms with Gasteiger partial charge in [0.2, 0.25) is 0 Å². The molecular formula is C26H19F2N3O2. The molecule has 0 spiro atoms. The average Bonchev–Trinajstić information content (AvgIpc) is 3.45. The van der Waals surface area contributed by atoms with Crippen molar-refractivity contribution in [3.63, 3.8) is 0 Å². The number of amides is 2. The topological polar surface area (TPSA) is 61.3 Å². The van der Waals surface area contributed by atoms with Crippen LogP contribution in [0.2, 0.25) is 0 Å². The van der Waals surface area contributed by atoms with Crippen LogP contribution in [0.25, 0.3) is 33.0 Å². The number of nitrogens with zero attached hydrogens (tertiary/aromatic N) is 1. The fourth-order valence-corrected chi connectivity index (χ4v) is 4.47. The number of hydrogen-bond donors (Lipinski definition) is 2. The molecule has 0 atom stereocenters. The summed E-state index contributed by atoms with van der Waals surface area (Å²) in [5, 5.41) is 4.31. The summed E-state index contributed by atoms with van der Waals surface area (Å²) < 4.78 is 32.5. The second-order valence-electron chi connectivity index (χ2n) is 8.27. The molecule has 2 amide bonds. The number of carbonyl (C=O) groups is 1. The molecule has 2 aromatic heterocycles. The second kappa shape index (κ2) is 7.48. The van der Waals surface area contributed by atoms with Crippen molar-refractivity contribution >= 4 is 33.6 Å². The maximum absolute atomic E-state index is 13.7. The van der Waals surface area contributed by atoms with E-state index in [9.17, 15) is 13.6 Å². The van der Waals surface area contributed by atoms with E-state index < -0.39 is 11.6 Å². The first-order valence-electron chi connectivity index (χ1n) is 10.7. The highest BCUT2D eigenvalue weighted by atomic mass is 19.2. The number of aromatic amines is 1. The van der Waals surface area contributed by atoms with Crippen LogP contribution in [0.15, 0.2) is 71.5 Å². The molecule has 1 aliphatic heterocycles. The molecule has 2 N–H and O–H groups in total. The Kier molecular flexibility index (Phi) is 4.43. The van der Waals surface area contributed by atoms with Crippen LogP contribution in [0.5, 0.6) is 0 Å². The van der Waals surface area contributed by atoms with Crippen molar-refractivity contribution in [3.8, 4) is 11.1 Å². The van der Waals surface area contributed by atoms with E-state index in [1.54, 1.807) is 17.4 Å². The lowest BCUT2D eigenvalue weighted by Gasteiger charge is -2.29. The summed E-state index contributed by atoms with van der Waals surface area (Å²) in [6, 6.07) is 16.3. The number of halogens is 2. The van der Waals surface area contributed by atoms with Crippen LogP contribution in [0.3, 0.4) is 0 Å². The minimum absolute atomic E-state index is 0.277. The van der Waals surface area contributed by atoms with Gasteiger partial charge in [0.15, 0.2) is 11.6 Å². The molecule has 5 nitrogen and oxygen atoms in total. The van der Waals surface area contributed by atoms with E-state index in [2.05, 4.69) is 34.6 Å². The van der Waals surface area contributed by atoms with E-state index in [1.165, 1.54) is 5.56 Å². The van der Waals surface area contributed by atoms with E-state index in [0.717, 1.165) is 46.2 Å². The van der Waals surface area contributed by atoms with Crippen LogP contribution < -0.4 is 5.32 Å². The van der Waals surface area contributed by atoms with Gasteiger partial charge in [0.1, 0.15) is 5.58 Å². The van der Waals surface area contributed by atoms with E-state index >= 15 is 0 Å². The van der Waals surface area contributed by atoms with Gasteiger partial charge in [-0.15, -0.1) is 0 Å². The highest BCUT2D eigenvalue weighted by Crippen LogP contribution is 2.30. The number of anilines is 1. The summed E-state index contributed by atoms with van der Waals surface area (Å²) in [5.74, 6) is -1.88. The van der Waals surface area contributed by atoms with E-state index in [1.807, 2.05) is 18.2 Å². The van der Waals surface area contributed by atoms with Crippen molar-refractivity contribution in [2.75, 3.05) is 11.9 Å². The molecule has 0 fully saturated rings. The van der Waals surface area contributed by atoms with E-state index in [4.69, 9.17) is 4.42 Å². The predicted octanol–water partition coefficient (Wildman–Crippen LogP) is 6.45. The summed E-state index contributed by atoms with van der Waals surface area (Å²) >= 11 is 0. The molecule has 164 valence electrons. The molecule has 0 saturated carbocycles. The number of fused-ring (bicyclic) bond motifs is 3. The lowest BCUT2D eigenvalue weighted by atomic mass is 9.94. The van der Waals surface area contributed by atoms with Gasteiger partial charge in [-0.1, -0.05) is 24.3 Å². The number of urea groups is 1. The number of furan rings is 1. The highest BCUT2D eigenvalue weighted by molar-refractivity contribution is 6.01. The van der Waals surface area contributed by atoms with Crippen molar-refractivity contribution in [3.05, 3.63) is 89.8 Å². The number of aromatic nitrogens is 1. The Labute approximate surface area is 187 Å². The summed E-state index contributed by atoms with van der Waals surface area (Å²) in [4.78, 5) is 17.5. The Morgan fingerprint density at radius 1 is 0.970 bits per heavy atom. The quantitative estimate of drug-likeness (QED) is 0.329. The lowest BCUT2D eigenvalue weighted by molar-refractivity contribution is 0.206. The zero-order chi connectivity index (χ0) is 22.5. The summed E-state index contributed by atoms with van der Waals surface area (Å²) in [5.41, 5.74) is 6.27. The lowest BCUT2D eigenvalue weighted by Crippen LogP contribution is -2.38. The Morgan fingerprint density at radius 3 is 2.70 bits per heavy atom. The maximum atomic E-state index is 13.7. The number of carbonyl (C=O) groups excluding carboxylic acids is 1. The SMILES string of the molecule is O=C(Nc1c[nH]c2cc(F)c(F)cc12)N1CCc2cc(-c3ccc4occc4c3)ccc2C1. The zero-order valence-electron chi connectivity index (χ0n) is 17.5. The van der Waals surface area contributed by atoms with Crippen molar-refractivity contribution in [1.82, 2.24) is 9.88 Å². The van der Waals surface area contributed by atoms with Crippen molar-refractivity contribution in [2.45, 2.75) is 13.0 Å². The summed E-state index contributed by atoms with van der Waals surface area (Å²) in [6.45, 7) is 1.04. The van der Waals surface area contributed by atoms with Crippen molar-refractivity contribution < 1.29 is 18.0 Å². The smallest absolute Gasteiger partial charge is 0.322 e. The van der Waals surface area contributed by atoms with Gasteiger partial charge in [-0.25, -0.2) is 13.6 Å². The van der Waals surface area contributed by atoms with Crippen molar-refractivity contribution in [2.24, 2.45) is 0 Å². The van der Waals surface area contributed by atoms with Crippen molar-refractivity contribution in [1.29, 1.82) is 0 Å². The first kappa shape index (κ1) is 19.5. The average molecular weight is 443 g/mol. The number of hydrogen-bond acceptors (Lipinski definition) is 2. The molecule has 0 saturated heterocycles. The minimum atomic E-state index is -0.952. The standard InChI is InChI=1S/C26H19F2N3O2/c27-21-11-20-23(12-22(21)28)29-13-24(20)30-26(32)31-7-5-17-9-15(1-2-19(17)14-31)16-3-4-25-18(10-16)6-8-33-25/h1-4,6,8-13,29H,5,7,14H2,(H,30,32). The molecule has 0 unspecified atom stereocenters. The fraction of sp³-hybridized carbons (Fsp3) is 0.115. The Morgan fingerprint density at radius 2 is 1.79 bits per heavy atom. The molecule has 0 radical (unpaired) electrons. The number of nitrogens with one attached hydrogen (secondary N) is 2. The van der Waals surface area contributed by atoms with E-state index in [0.29, 0.717) is 29.7 Å². The fourth-order valence-electron chi connectivity index (χ4n) is 4.47. The number of H-pyrrole nitrogens is 1. The van der Waals surface area contributed by atoms with Crippen LogP contribution in [0.1, 0.15) is 11.1 Å². The number of benzene rings is 3. The van der Waals surface area contributed by atoms with Crippen LogP contribution in [-0.2, 0) is 13.0 Å². The highest BCUT2D eigenvalue weighted by Gasteiger charge is 2.22. The zero-order valence-corrected chi connectivity index (χ0v) is 17.5. The molecule has 3 heterocycles. The van der Waals surface area contributed by atoms with Gasteiger partial charge in [0.25, 0.3) is 0 Å². The Hall–Kier alpha value is -4.13. The normalized spacial score (nSPS) is 13.5. The van der Waals surface area contributed by atoms with Gasteiger partial charge in [0, 0.05) is 36.1 Å². The van der Waals surface area contributed by atoms with Gasteiger partial charge in [-0.05, 0) is 52.9 Å². The van der Waals surface area contributed by atoms with Gasteiger partial charge in [-0.2, -0.15) is 0 Å². The van der Waals surface area contributed by atoms with Crippen LogP contribution in [0, 0.1) is 11.6 Å². The molecule has 0 aliphatic carbocycles. The van der Waals surface area contributed by atoms with Crippen LogP contribution in [-0.4, -0.2) is 22.5 Å². The van der Waals surface area contributed by atoms with Crippen LogP contribution >= 0.6 is 0 Å².